The van der Waals surface area contributed by atoms with Gasteiger partial charge in [-0.25, -0.2) is 8.78 Å². The molecule has 2 nitrogen and oxygen atoms in total. The number of benzene rings is 2. The van der Waals surface area contributed by atoms with Crippen LogP contribution in [0.3, 0.4) is 0 Å². The van der Waals surface area contributed by atoms with Crippen molar-refractivity contribution in [1.29, 1.82) is 0 Å². The Balaban J connectivity index is 0.00000242. The summed E-state index contributed by atoms with van der Waals surface area (Å²) >= 11 is 0. The van der Waals surface area contributed by atoms with Crippen molar-refractivity contribution >= 4 is 11.6 Å². The van der Waals surface area contributed by atoms with Crippen molar-refractivity contribution in [2.24, 2.45) is 5.92 Å². The van der Waals surface area contributed by atoms with Crippen LogP contribution in [0, 0.1) is 23.6 Å². The van der Waals surface area contributed by atoms with E-state index in [-0.39, 0.29) is 39.2 Å². The molecule has 0 aliphatic carbocycles. The second-order valence-corrected chi connectivity index (χ2v) is 5.18. The third kappa shape index (κ3) is 4.49. The number of halogens is 2. The molecule has 0 atom stereocenters. The number of amides is 1. The van der Waals surface area contributed by atoms with Crippen LogP contribution in [0.2, 0.25) is 0 Å². The van der Waals surface area contributed by atoms with E-state index in [4.69, 9.17) is 0 Å². The number of carbonyl (C=O) groups excluding carboxylic acids is 1. The van der Waals surface area contributed by atoms with Crippen molar-refractivity contribution in [3.05, 3.63) is 65.7 Å². The molecule has 2 rings (SSSR count). The number of anilines is 1. The van der Waals surface area contributed by atoms with Crippen LogP contribution in [0.5, 0.6) is 0 Å². The summed E-state index contributed by atoms with van der Waals surface area (Å²) in [6, 6.07) is 13.0. The minimum Gasteiger partial charge on any atom is -0.305 e. The van der Waals surface area contributed by atoms with Crippen molar-refractivity contribution in [2.45, 2.75) is 13.8 Å². The monoisotopic (exact) mass is 336 g/mol. The smallest absolute Gasteiger partial charge is 0.258 e. The third-order valence-electron chi connectivity index (χ3n) is 2.95. The van der Waals surface area contributed by atoms with Gasteiger partial charge in [-0.3, -0.25) is 4.79 Å². The minimum atomic E-state index is -0.861. The Morgan fingerprint density at radius 3 is 2.32 bits per heavy atom. The molecule has 2 aromatic carbocycles. The molecule has 0 bridgehead atoms. The molecule has 1 radical (unpaired) electrons. The predicted octanol–water partition coefficient (Wildman–Crippen LogP) is 4.07. The van der Waals surface area contributed by atoms with Crippen LogP contribution in [0.4, 0.5) is 14.5 Å². The maximum absolute atomic E-state index is 13.9. The quantitative estimate of drug-likeness (QED) is 0.771. The molecular weight excluding hydrogens is 320 g/mol. The summed E-state index contributed by atoms with van der Waals surface area (Å²) in [7, 11) is 0. The van der Waals surface area contributed by atoms with Crippen molar-refractivity contribution in [3.63, 3.8) is 0 Å². The Bertz CT molecular complexity index is 632. The molecule has 0 fully saturated rings. The summed E-state index contributed by atoms with van der Waals surface area (Å²) in [4.78, 5) is 13.9. The fourth-order valence-electron chi connectivity index (χ4n) is 2.04. The van der Waals surface area contributed by atoms with Gasteiger partial charge >= 0.3 is 0 Å². The zero-order chi connectivity index (χ0) is 15.4. The number of rotatable bonds is 4. The van der Waals surface area contributed by atoms with Gasteiger partial charge in [0.1, 0.15) is 5.82 Å². The minimum absolute atomic E-state index is 0. The summed E-state index contributed by atoms with van der Waals surface area (Å²) < 4.78 is 26.9. The number of hydrogen-bond donors (Lipinski definition) is 0. The van der Waals surface area contributed by atoms with Gasteiger partial charge in [0.2, 0.25) is 0 Å². The SMILES string of the molecule is CC(C)CN(C(=O)c1ccccc1)c1ccc(F)[c]c1F.[Ti]. The molecule has 1 amide bonds. The standard InChI is InChI=1S/C17H16F2NO.Ti/c1-12(2)11-20(16-9-8-14(18)10-15(16)19)17(21)13-6-4-3-5-7-13;/h3-9,12H,11H2,1-2H3;. The van der Waals surface area contributed by atoms with Crippen LogP contribution in [-0.4, -0.2) is 12.5 Å². The first-order valence-electron chi connectivity index (χ1n) is 6.73. The largest absolute Gasteiger partial charge is 0.305 e. The van der Waals surface area contributed by atoms with Crippen molar-refractivity contribution in [3.8, 4) is 0 Å². The van der Waals surface area contributed by atoms with Crippen LogP contribution in [0.15, 0.2) is 42.5 Å². The maximum atomic E-state index is 13.9. The number of hydrogen-bond acceptors (Lipinski definition) is 1. The molecule has 0 saturated heterocycles. The van der Waals surface area contributed by atoms with E-state index in [0.717, 1.165) is 6.07 Å². The van der Waals surface area contributed by atoms with Gasteiger partial charge in [0, 0.05) is 33.8 Å². The van der Waals surface area contributed by atoms with Gasteiger partial charge in [-0.1, -0.05) is 32.0 Å². The average molecular weight is 336 g/mol. The average Bonchev–Trinajstić information content (AvgIpc) is 2.45. The van der Waals surface area contributed by atoms with Gasteiger partial charge in [0.25, 0.3) is 5.91 Å². The van der Waals surface area contributed by atoms with E-state index in [1.54, 1.807) is 30.3 Å². The zero-order valence-corrected chi connectivity index (χ0v) is 14.0. The van der Waals surface area contributed by atoms with Gasteiger partial charge in [0.05, 0.1) is 11.8 Å². The van der Waals surface area contributed by atoms with Crippen molar-refractivity contribution in [2.75, 3.05) is 11.4 Å². The summed E-state index contributed by atoms with van der Waals surface area (Å²) in [5.74, 6) is -1.82. The van der Waals surface area contributed by atoms with E-state index in [0.29, 0.717) is 12.1 Å². The number of carbonyl (C=O) groups is 1. The molecule has 0 heterocycles. The predicted molar refractivity (Wildman–Crippen MR) is 78.2 cm³/mol. The van der Waals surface area contributed by atoms with Gasteiger partial charge < -0.3 is 4.90 Å². The Morgan fingerprint density at radius 2 is 1.77 bits per heavy atom. The molecule has 0 aliphatic rings. The molecule has 0 aromatic heterocycles. The van der Waals surface area contributed by atoms with Gasteiger partial charge in [-0.2, -0.15) is 0 Å². The summed E-state index contributed by atoms with van der Waals surface area (Å²) in [6.07, 6.45) is 0. The van der Waals surface area contributed by atoms with Crippen LogP contribution in [0.25, 0.3) is 0 Å². The third-order valence-corrected chi connectivity index (χ3v) is 2.95. The van der Waals surface area contributed by atoms with Gasteiger partial charge in [-0.05, 0) is 30.2 Å². The Morgan fingerprint density at radius 1 is 1.14 bits per heavy atom. The van der Waals surface area contributed by atoms with Crippen molar-refractivity contribution in [1.82, 2.24) is 0 Å². The van der Waals surface area contributed by atoms with E-state index in [2.05, 4.69) is 0 Å². The molecule has 113 valence electrons. The molecular formula is C17H16F2NOTi. The molecule has 5 heteroatoms. The van der Waals surface area contributed by atoms with Gasteiger partial charge in [-0.15, -0.1) is 0 Å². The zero-order valence-electron chi connectivity index (χ0n) is 12.4. The first kappa shape index (κ1) is 18.5. The first-order valence-corrected chi connectivity index (χ1v) is 6.73. The topological polar surface area (TPSA) is 20.3 Å². The van der Waals surface area contributed by atoms with E-state index >= 15 is 0 Å². The van der Waals surface area contributed by atoms with E-state index in [1.807, 2.05) is 19.9 Å². The van der Waals surface area contributed by atoms with Crippen LogP contribution in [0.1, 0.15) is 24.2 Å². The van der Waals surface area contributed by atoms with E-state index in [9.17, 15) is 13.6 Å². The van der Waals surface area contributed by atoms with Crippen LogP contribution in [-0.2, 0) is 21.7 Å². The second kappa shape index (κ2) is 8.21. The van der Waals surface area contributed by atoms with Crippen LogP contribution < -0.4 is 4.90 Å². The molecule has 0 N–H and O–H groups in total. The Kier molecular flexibility index (Phi) is 6.91. The second-order valence-electron chi connectivity index (χ2n) is 5.18. The first-order chi connectivity index (χ1) is 9.99. The van der Waals surface area contributed by atoms with Crippen LogP contribution >= 0.6 is 0 Å². The summed E-state index contributed by atoms with van der Waals surface area (Å²) in [5.41, 5.74) is 0.501. The molecule has 2 aromatic rings. The maximum Gasteiger partial charge on any atom is 0.258 e. The fraction of sp³-hybridized carbons (Fsp3) is 0.235. The molecule has 0 aliphatic heterocycles. The Hall–Kier alpha value is -1.52. The molecule has 0 saturated carbocycles. The van der Waals surface area contributed by atoms with E-state index in [1.165, 1.54) is 11.0 Å². The van der Waals surface area contributed by atoms with E-state index < -0.39 is 11.6 Å². The fourth-order valence-corrected chi connectivity index (χ4v) is 2.04. The molecule has 22 heavy (non-hydrogen) atoms. The number of nitrogens with zero attached hydrogens (tertiary/aromatic N) is 1. The molecule has 0 spiro atoms. The Labute approximate surface area is 144 Å². The molecule has 0 unspecified atom stereocenters. The normalized spacial score (nSPS) is 10.2. The summed E-state index contributed by atoms with van der Waals surface area (Å²) in [6.45, 7) is 4.19. The van der Waals surface area contributed by atoms with Gasteiger partial charge in [0.15, 0.2) is 5.82 Å². The van der Waals surface area contributed by atoms with Crippen molar-refractivity contribution < 1.29 is 35.3 Å². The summed E-state index contributed by atoms with van der Waals surface area (Å²) in [5, 5.41) is 0.